The van der Waals surface area contributed by atoms with E-state index < -0.39 is 0 Å². The Balaban J connectivity index is 1.64. The van der Waals surface area contributed by atoms with Gasteiger partial charge in [0.05, 0.1) is 0 Å². The third-order valence-electron chi connectivity index (χ3n) is 4.32. The monoisotopic (exact) mass is 200 g/mol. The third kappa shape index (κ3) is 1.95. The van der Waals surface area contributed by atoms with Gasteiger partial charge < -0.3 is 0 Å². The average molecular weight is 200 g/mol. The van der Waals surface area contributed by atoms with Crippen LogP contribution in [0.1, 0.15) is 50.0 Å². The van der Waals surface area contributed by atoms with Crippen LogP contribution in [0.3, 0.4) is 0 Å². The van der Waals surface area contributed by atoms with E-state index in [9.17, 15) is 0 Å². The third-order valence-corrected chi connectivity index (χ3v) is 4.32. The summed E-state index contributed by atoms with van der Waals surface area (Å²) < 4.78 is 0. The smallest absolute Gasteiger partial charge is 0.0128 e. The van der Waals surface area contributed by atoms with Crippen LogP contribution >= 0.6 is 0 Å². The normalized spacial score (nSPS) is 31.5. The fourth-order valence-corrected chi connectivity index (χ4v) is 3.38. The average Bonchev–Trinajstić information content (AvgIpc) is 3.11. The molecule has 0 N–H and O–H groups in total. The van der Waals surface area contributed by atoms with Gasteiger partial charge >= 0.3 is 0 Å². The largest absolute Gasteiger partial charge is 0.0622 e. The van der Waals surface area contributed by atoms with Gasteiger partial charge in [-0.2, -0.15) is 0 Å². The molecule has 15 heavy (non-hydrogen) atoms. The molecule has 1 aromatic carbocycles. The van der Waals surface area contributed by atoms with Gasteiger partial charge in [-0.3, -0.25) is 0 Å². The van der Waals surface area contributed by atoms with Crippen LogP contribution in [-0.4, -0.2) is 0 Å². The highest BCUT2D eigenvalue weighted by Gasteiger charge is 2.43. The van der Waals surface area contributed by atoms with Crippen LogP contribution in [0.5, 0.6) is 0 Å². The predicted molar refractivity (Wildman–Crippen MR) is 63.9 cm³/mol. The minimum absolute atomic E-state index is 0.911. The molecule has 0 aliphatic heterocycles. The first-order valence-electron chi connectivity index (χ1n) is 6.50. The van der Waals surface area contributed by atoms with Gasteiger partial charge in [-0.25, -0.2) is 0 Å². The van der Waals surface area contributed by atoms with Gasteiger partial charge in [0.1, 0.15) is 0 Å². The number of benzene rings is 1. The molecular formula is C15H20. The molecule has 0 heterocycles. The summed E-state index contributed by atoms with van der Waals surface area (Å²) in [5, 5.41) is 0. The minimum atomic E-state index is 0.911. The Bertz CT molecular complexity index is 308. The van der Waals surface area contributed by atoms with Crippen molar-refractivity contribution in [1.29, 1.82) is 0 Å². The maximum Gasteiger partial charge on any atom is -0.0128 e. The van der Waals surface area contributed by atoms with E-state index in [4.69, 9.17) is 0 Å². The summed E-state index contributed by atoms with van der Waals surface area (Å²) in [6, 6.07) is 11.1. The van der Waals surface area contributed by atoms with Crippen LogP contribution in [0.2, 0.25) is 0 Å². The lowest BCUT2D eigenvalue weighted by atomic mass is 9.84. The van der Waals surface area contributed by atoms with Crippen LogP contribution in [-0.2, 0) is 0 Å². The van der Waals surface area contributed by atoms with Crippen molar-refractivity contribution >= 4 is 0 Å². The SMILES string of the molecule is c1ccc(C2CC2C2CCCCC2)cc1. The lowest BCUT2D eigenvalue weighted by molar-refractivity contribution is 0.318. The van der Waals surface area contributed by atoms with E-state index >= 15 is 0 Å². The molecule has 0 amide bonds. The van der Waals surface area contributed by atoms with Crippen molar-refractivity contribution in [3.63, 3.8) is 0 Å². The highest BCUT2D eigenvalue weighted by atomic mass is 14.5. The van der Waals surface area contributed by atoms with Crippen molar-refractivity contribution in [3.05, 3.63) is 35.9 Å². The fraction of sp³-hybridized carbons (Fsp3) is 0.600. The summed E-state index contributed by atoms with van der Waals surface area (Å²) in [6.07, 6.45) is 8.95. The first-order chi connectivity index (χ1) is 7.45. The lowest BCUT2D eigenvalue weighted by Gasteiger charge is -2.21. The van der Waals surface area contributed by atoms with Gasteiger partial charge in [0, 0.05) is 0 Å². The maximum atomic E-state index is 2.31. The van der Waals surface area contributed by atoms with Gasteiger partial charge in [0.15, 0.2) is 0 Å². The molecule has 0 bridgehead atoms. The fourth-order valence-electron chi connectivity index (χ4n) is 3.38. The molecule has 2 fully saturated rings. The van der Waals surface area contributed by atoms with Gasteiger partial charge in [0.25, 0.3) is 0 Å². The standard InChI is InChI=1S/C15H20/c1-3-7-12(8-4-1)14-11-15(14)13-9-5-2-6-10-13/h1,3-4,7-8,13-15H,2,5-6,9-11H2. The molecule has 1 aromatic rings. The zero-order chi connectivity index (χ0) is 10.1. The second-order valence-electron chi connectivity index (χ2n) is 5.31. The van der Waals surface area contributed by atoms with E-state index in [-0.39, 0.29) is 0 Å². The molecule has 2 aliphatic rings. The highest BCUT2D eigenvalue weighted by Crippen LogP contribution is 2.55. The molecule has 0 spiro atoms. The van der Waals surface area contributed by atoms with Crippen molar-refractivity contribution in [3.8, 4) is 0 Å². The van der Waals surface area contributed by atoms with Crippen molar-refractivity contribution in [1.82, 2.24) is 0 Å². The Morgan fingerprint density at radius 3 is 2.33 bits per heavy atom. The Kier molecular flexibility index (Phi) is 2.52. The number of hydrogen-bond donors (Lipinski definition) is 0. The molecule has 0 radical (unpaired) electrons. The van der Waals surface area contributed by atoms with Crippen molar-refractivity contribution in [2.45, 2.75) is 44.4 Å². The Labute approximate surface area is 92.7 Å². The summed E-state index contributed by atoms with van der Waals surface area (Å²) in [6.45, 7) is 0. The molecule has 0 aromatic heterocycles. The van der Waals surface area contributed by atoms with E-state index in [1.54, 1.807) is 5.56 Å². The molecule has 2 atom stereocenters. The van der Waals surface area contributed by atoms with Gasteiger partial charge in [0.2, 0.25) is 0 Å². The van der Waals surface area contributed by atoms with Crippen LogP contribution in [0.25, 0.3) is 0 Å². The van der Waals surface area contributed by atoms with Crippen molar-refractivity contribution in [2.75, 3.05) is 0 Å². The predicted octanol–water partition coefficient (Wildman–Crippen LogP) is 4.37. The zero-order valence-electron chi connectivity index (χ0n) is 9.36. The molecule has 0 heteroatoms. The van der Waals surface area contributed by atoms with Crippen LogP contribution in [0.15, 0.2) is 30.3 Å². The summed E-state index contributed by atoms with van der Waals surface area (Å²) in [5.74, 6) is 3.01. The van der Waals surface area contributed by atoms with Gasteiger partial charge in [-0.1, -0.05) is 62.4 Å². The summed E-state index contributed by atoms with van der Waals surface area (Å²) in [7, 11) is 0. The van der Waals surface area contributed by atoms with Crippen molar-refractivity contribution < 1.29 is 0 Å². The maximum absolute atomic E-state index is 2.31. The van der Waals surface area contributed by atoms with E-state index in [1.165, 1.54) is 38.5 Å². The molecular weight excluding hydrogens is 180 g/mol. The summed E-state index contributed by atoms with van der Waals surface area (Å²) in [4.78, 5) is 0. The molecule has 80 valence electrons. The number of hydrogen-bond acceptors (Lipinski definition) is 0. The van der Waals surface area contributed by atoms with Crippen LogP contribution < -0.4 is 0 Å². The Morgan fingerprint density at radius 1 is 0.867 bits per heavy atom. The van der Waals surface area contributed by atoms with Gasteiger partial charge in [-0.15, -0.1) is 0 Å². The topological polar surface area (TPSA) is 0 Å². The summed E-state index contributed by atoms with van der Waals surface area (Å²) in [5.41, 5.74) is 1.59. The van der Waals surface area contributed by atoms with E-state index in [0.29, 0.717) is 0 Å². The van der Waals surface area contributed by atoms with Crippen molar-refractivity contribution in [2.24, 2.45) is 11.8 Å². The van der Waals surface area contributed by atoms with Crippen LogP contribution in [0, 0.1) is 11.8 Å². The van der Waals surface area contributed by atoms with E-state index in [0.717, 1.165) is 17.8 Å². The van der Waals surface area contributed by atoms with E-state index in [2.05, 4.69) is 30.3 Å². The first kappa shape index (κ1) is 9.45. The Hall–Kier alpha value is -0.780. The minimum Gasteiger partial charge on any atom is -0.0622 e. The van der Waals surface area contributed by atoms with Crippen LogP contribution in [0.4, 0.5) is 0 Å². The highest BCUT2D eigenvalue weighted by molar-refractivity contribution is 5.26. The molecule has 3 rings (SSSR count). The summed E-state index contributed by atoms with van der Waals surface area (Å²) >= 11 is 0. The molecule has 2 aliphatic carbocycles. The Morgan fingerprint density at radius 2 is 1.60 bits per heavy atom. The second kappa shape index (κ2) is 4.00. The van der Waals surface area contributed by atoms with E-state index in [1.807, 2.05) is 0 Å². The zero-order valence-corrected chi connectivity index (χ0v) is 9.36. The molecule has 2 unspecified atom stereocenters. The van der Waals surface area contributed by atoms with Gasteiger partial charge in [-0.05, 0) is 29.7 Å². The molecule has 2 saturated carbocycles. The quantitative estimate of drug-likeness (QED) is 0.665. The molecule has 0 saturated heterocycles. The lowest BCUT2D eigenvalue weighted by Crippen LogP contribution is -2.09. The first-order valence-corrected chi connectivity index (χ1v) is 6.50. The molecule has 0 nitrogen and oxygen atoms in total. The second-order valence-corrected chi connectivity index (χ2v) is 5.31. The number of rotatable bonds is 2.